The van der Waals surface area contributed by atoms with Crippen molar-refractivity contribution in [2.45, 2.75) is 44.2 Å². The summed E-state index contributed by atoms with van der Waals surface area (Å²) in [7, 11) is 0. The molecule has 0 saturated carbocycles. The summed E-state index contributed by atoms with van der Waals surface area (Å²) in [6.45, 7) is 10.6. The zero-order valence-electron chi connectivity index (χ0n) is 15.2. The maximum Gasteiger partial charge on any atom is 0.231 e. The molecule has 0 aliphatic carbocycles. The van der Waals surface area contributed by atoms with Gasteiger partial charge in [-0.3, -0.25) is 0 Å². The molecule has 1 aromatic heterocycles. The fourth-order valence-corrected chi connectivity index (χ4v) is 3.32. The van der Waals surface area contributed by atoms with Crippen molar-refractivity contribution in [2.75, 3.05) is 55.5 Å². The molecule has 0 atom stereocenters. The number of hydrogen-bond donors (Lipinski definition) is 1. The second-order valence-corrected chi connectivity index (χ2v) is 8.09. The van der Waals surface area contributed by atoms with Gasteiger partial charge in [0.05, 0.1) is 26.4 Å². The van der Waals surface area contributed by atoms with Gasteiger partial charge in [0.2, 0.25) is 11.9 Å². The fraction of sp³-hybridized carbons (Fsp3) is 0.812. The molecule has 0 unspecified atom stereocenters. The molecule has 3 rings (SSSR count). The van der Waals surface area contributed by atoms with E-state index in [4.69, 9.17) is 14.2 Å². The van der Waals surface area contributed by atoms with Gasteiger partial charge >= 0.3 is 0 Å². The van der Waals surface area contributed by atoms with Crippen LogP contribution in [0.2, 0.25) is 0 Å². The van der Waals surface area contributed by atoms with Gasteiger partial charge in [0, 0.05) is 30.8 Å². The molecule has 0 radical (unpaired) electrons. The summed E-state index contributed by atoms with van der Waals surface area (Å²) < 4.78 is 16.4. The van der Waals surface area contributed by atoms with Crippen LogP contribution in [0, 0.1) is 0 Å². The van der Waals surface area contributed by atoms with Crippen LogP contribution in [0.3, 0.4) is 0 Å². The van der Waals surface area contributed by atoms with Gasteiger partial charge in [0.15, 0.2) is 11.4 Å². The molecule has 25 heavy (non-hydrogen) atoms. The number of hydrogen-bond acceptors (Lipinski definition) is 9. The molecule has 0 aromatic carbocycles. The second-order valence-electron chi connectivity index (χ2n) is 7.02. The molecule has 2 aliphatic heterocycles. The third-order valence-corrected chi connectivity index (χ3v) is 4.54. The van der Waals surface area contributed by atoms with Crippen molar-refractivity contribution in [1.82, 2.24) is 15.0 Å². The minimum absolute atomic E-state index is 0.0970. The summed E-state index contributed by atoms with van der Waals surface area (Å²) in [6.07, 6.45) is 0.728. The Morgan fingerprint density at radius 1 is 1.08 bits per heavy atom. The number of aromatic nitrogens is 3. The van der Waals surface area contributed by atoms with E-state index in [1.165, 1.54) is 0 Å². The lowest BCUT2D eigenvalue weighted by atomic mass is 10.1. The van der Waals surface area contributed by atoms with Gasteiger partial charge in [-0.05, 0) is 20.8 Å². The van der Waals surface area contributed by atoms with Crippen LogP contribution in [-0.2, 0) is 14.2 Å². The lowest BCUT2D eigenvalue weighted by Gasteiger charge is -2.28. The van der Waals surface area contributed by atoms with Crippen molar-refractivity contribution >= 4 is 23.7 Å². The quantitative estimate of drug-likeness (QED) is 0.754. The lowest BCUT2D eigenvalue weighted by molar-refractivity contribution is -0.0421. The van der Waals surface area contributed by atoms with Crippen molar-refractivity contribution in [1.29, 1.82) is 0 Å². The van der Waals surface area contributed by atoms with Crippen molar-refractivity contribution in [3.63, 3.8) is 0 Å². The Bertz CT molecular complexity index is 557. The Labute approximate surface area is 153 Å². The number of ether oxygens (including phenoxy) is 3. The summed E-state index contributed by atoms with van der Waals surface area (Å²) in [5, 5.41) is 4.07. The van der Waals surface area contributed by atoms with Gasteiger partial charge in [-0.1, -0.05) is 11.8 Å². The van der Waals surface area contributed by atoms with Crippen LogP contribution >= 0.6 is 11.8 Å². The predicted octanol–water partition coefficient (Wildman–Crippen LogP) is 1.77. The molecule has 0 amide bonds. The van der Waals surface area contributed by atoms with Crippen LogP contribution in [-0.4, -0.2) is 72.1 Å². The molecule has 140 valence electrons. The Kier molecular flexibility index (Phi) is 6.32. The van der Waals surface area contributed by atoms with E-state index >= 15 is 0 Å². The van der Waals surface area contributed by atoms with E-state index in [0.29, 0.717) is 38.3 Å². The van der Waals surface area contributed by atoms with Crippen LogP contribution in [0.5, 0.6) is 0 Å². The van der Waals surface area contributed by atoms with Crippen molar-refractivity contribution in [3.8, 4) is 0 Å². The SMILES string of the molecule is CC(C)(C)Nc1nc(SCCC2OCCO2)nc(N2CCOCC2)n1. The molecule has 0 spiro atoms. The molecule has 1 aromatic rings. The first-order chi connectivity index (χ1) is 12.0. The van der Waals surface area contributed by atoms with Crippen LogP contribution in [0.15, 0.2) is 5.16 Å². The van der Waals surface area contributed by atoms with Gasteiger partial charge in [0.25, 0.3) is 0 Å². The standard InChI is InChI=1S/C16H27N5O3S/c1-16(2,3)20-13-17-14(21-5-7-22-8-6-21)19-15(18-13)25-11-4-12-23-9-10-24-12/h12H,4-11H2,1-3H3,(H,17,18,19,20). The van der Waals surface area contributed by atoms with Gasteiger partial charge in [-0.2, -0.15) is 15.0 Å². The average molecular weight is 369 g/mol. The highest BCUT2D eigenvalue weighted by atomic mass is 32.2. The summed E-state index contributed by atoms with van der Waals surface area (Å²) >= 11 is 1.61. The van der Waals surface area contributed by atoms with Crippen LogP contribution in [0.25, 0.3) is 0 Å². The number of anilines is 2. The highest BCUT2D eigenvalue weighted by molar-refractivity contribution is 7.99. The Balaban J connectivity index is 1.69. The van der Waals surface area contributed by atoms with Crippen molar-refractivity contribution in [3.05, 3.63) is 0 Å². The van der Waals surface area contributed by atoms with E-state index in [9.17, 15) is 0 Å². The summed E-state index contributed by atoms with van der Waals surface area (Å²) in [5.74, 6) is 2.16. The van der Waals surface area contributed by atoms with Crippen LogP contribution < -0.4 is 10.2 Å². The number of rotatable bonds is 6. The first-order valence-electron chi connectivity index (χ1n) is 8.72. The van der Waals surface area contributed by atoms with Crippen molar-refractivity contribution < 1.29 is 14.2 Å². The first-order valence-corrected chi connectivity index (χ1v) is 9.71. The van der Waals surface area contributed by atoms with Gasteiger partial charge < -0.3 is 24.4 Å². The Hall–Kier alpha value is -1.16. The normalized spacial score (nSPS) is 19.4. The van der Waals surface area contributed by atoms with Crippen LogP contribution in [0.4, 0.5) is 11.9 Å². The third kappa shape index (κ3) is 5.95. The highest BCUT2D eigenvalue weighted by Crippen LogP contribution is 2.23. The zero-order valence-corrected chi connectivity index (χ0v) is 16.0. The van der Waals surface area contributed by atoms with E-state index in [1.54, 1.807) is 11.8 Å². The molecule has 0 bridgehead atoms. The lowest BCUT2D eigenvalue weighted by Crippen LogP contribution is -2.38. The molecular weight excluding hydrogens is 342 g/mol. The Morgan fingerprint density at radius 3 is 2.48 bits per heavy atom. The molecule has 2 saturated heterocycles. The minimum atomic E-state index is -0.114. The summed E-state index contributed by atoms with van der Waals surface area (Å²) in [6, 6.07) is 0. The first kappa shape index (κ1) is 18.6. The van der Waals surface area contributed by atoms with E-state index in [-0.39, 0.29) is 11.8 Å². The zero-order chi connectivity index (χ0) is 17.7. The van der Waals surface area contributed by atoms with E-state index in [2.05, 4.69) is 45.9 Å². The minimum Gasteiger partial charge on any atom is -0.378 e. The fourth-order valence-electron chi connectivity index (χ4n) is 2.53. The second kappa shape index (κ2) is 8.48. The maximum atomic E-state index is 5.48. The largest absolute Gasteiger partial charge is 0.378 e. The number of nitrogens with zero attached hydrogens (tertiary/aromatic N) is 4. The molecule has 3 heterocycles. The summed E-state index contributed by atoms with van der Waals surface area (Å²) in [5.41, 5.74) is -0.114. The molecule has 9 heteroatoms. The number of morpholine rings is 1. The van der Waals surface area contributed by atoms with Crippen molar-refractivity contribution in [2.24, 2.45) is 0 Å². The molecule has 2 fully saturated rings. The summed E-state index contributed by atoms with van der Waals surface area (Å²) in [4.78, 5) is 16.0. The third-order valence-electron chi connectivity index (χ3n) is 3.66. The average Bonchev–Trinajstić information content (AvgIpc) is 3.07. The number of thioether (sulfide) groups is 1. The maximum absolute atomic E-state index is 5.48. The van der Waals surface area contributed by atoms with E-state index < -0.39 is 0 Å². The van der Waals surface area contributed by atoms with Crippen LogP contribution in [0.1, 0.15) is 27.2 Å². The molecular formula is C16H27N5O3S. The predicted molar refractivity (Wildman–Crippen MR) is 97.3 cm³/mol. The number of nitrogens with one attached hydrogen (secondary N) is 1. The van der Waals surface area contributed by atoms with Gasteiger partial charge in [0.1, 0.15) is 0 Å². The monoisotopic (exact) mass is 369 g/mol. The van der Waals surface area contributed by atoms with E-state index in [0.717, 1.165) is 30.4 Å². The molecule has 1 N–H and O–H groups in total. The highest BCUT2D eigenvalue weighted by Gasteiger charge is 2.20. The van der Waals surface area contributed by atoms with Gasteiger partial charge in [-0.25, -0.2) is 0 Å². The van der Waals surface area contributed by atoms with E-state index in [1.807, 2.05) is 0 Å². The smallest absolute Gasteiger partial charge is 0.231 e. The Morgan fingerprint density at radius 2 is 1.80 bits per heavy atom. The topological polar surface area (TPSA) is 81.6 Å². The van der Waals surface area contributed by atoms with Gasteiger partial charge in [-0.15, -0.1) is 0 Å². The molecule has 2 aliphatic rings. The molecule has 8 nitrogen and oxygen atoms in total.